The van der Waals surface area contributed by atoms with Gasteiger partial charge >= 0.3 is 5.97 Å². The molecule has 0 aliphatic carbocycles. The van der Waals surface area contributed by atoms with E-state index in [9.17, 15) is 14.4 Å². The number of hydrogen-bond donors (Lipinski definition) is 0. The molecule has 3 aromatic rings. The Balaban J connectivity index is 1.58. The van der Waals surface area contributed by atoms with Crippen LogP contribution in [0.1, 0.15) is 36.3 Å². The number of carbonyl (C=O) groups excluding carboxylic acids is 2. The molecule has 2 aromatic carbocycles. The monoisotopic (exact) mass is 405 g/mol. The molecule has 4 rings (SSSR count). The molecule has 1 atom stereocenters. The molecule has 0 fully saturated rings. The van der Waals surface area contributed by atoms with E-state index in [1.807, 2.05) is 38.1 Å². The van der Waals surface area contributed by atoms with E-state index in [4.69, 9.17) is 4.74 Å². The van der Waals surface area contributed by atoms with Gasteiger partial charge in [-0.1, -0.05) is 43.3 Å². The molecule has 0 spiro atoms. The van der Waals surface area contributed by atoms with Gasteiger partial charge in [0.25, 0.3) is 11.5 Å². The van der Waals surface area contributed by atoms with Gasteiger partial charge in [0.2, 0.25) is 0 Å². The van der Waals surface area contributed by atoms with Crippen molar-refractivity contribution in [1.82, 2.24) is 9.78 Å². The van der Waals surface area contributed by atoms with Crippen LogP contribution in [0.3, 0.4) is 0 Å². The van der Waals surface area contributed by atoms with Crippen molar-refractivity contribution in [2.45, 2.75) is 39.3 Å². The first-order valence-corrected chi connectivity index (χ1v) is 10.1. The Morgan fingerprint density at radius 1 is 1.10 bits per heavy atom. The van der Waals surface area contributed by atoms with Crippen molar-refractivity contribution in [1.29, 1.82) is 0 Å². The van der Waals surface area contributed by atoms with Crippen molar-refractivity contribution in [3.63, 3.8) is 0 Å². The normalized spacial score (nSPS) is 15.3. The van der Waals surface area contributed by atoms with Gasteiger partial charge in [-0.2, -0.15) is 5.10 Å². The lowest BCUT2D eigenvalue weighted by molar-refractivity contribution is -0.122. The number of hydrogen-bond acceptors (Lipinski definition) is 5. The maximum atomic E-state index is 12.8. The van der Waals surface area contributed by atoms with Crippen LogP contribution in [0.15, 0.2) is 53.3 Å². The average Bonchev–Trinajstić information content (AvgIpc) is 3.09. The van der Waals surface area contributed by atoms with Gasteiger partial charge in [-0.25, -0.2) is 9.48 Å². The second kappa shape index (κ2) is 8.10. The van der Waals surface area contributed by atoms with E-state index in [2.05, 4.69) is 5.10 Å². The Labute approximate surface area is 173 Å². The Hall–Kier alpha value is -3.48. The van der Waals surface area contributed by atoms with Gasteiger partial charge in [-0.15, -0.1) is 0 Å². The van der Waals surface area contributed by atoms with E-state index >= 15 is 0 Å². The highest BCUT2D eigenvalue weighted by atomic mass is 16.5. The van der Waals surface area contributed by atoms with Gasteiger partial charge in [-0.05, 0) is 37.5 Å². The molecule has 0 saturated heterocycles. The van der Waals surface area contributed by atoms with Crippen LogP contribution in [-0.2, 0) is 22.5 Å². The molecule has 1 aromatic heterocycles. The number of fused-ring (bicyclic) bond motifs is 2. The number of esters is 1. The number of anilines is 1. The van der Waals surface area contributed by atoms with Gasteiger partial charge < -0.3 is 9.64 Å². The summed E-state index contributed by atoms with van der Waals surface area (Å²) in [7, 11) is 0. The summed E-state index contributed by atoms with van der Waals surface area (Å²) in [4.78, 5) is 39.9. The first-order valence-electron chi connectivity index (χ1n) is 10.1. The number of ether oxygens (including phenoxy) is 1. The van der Waals surface area contributed by atoms with E-state index in [0.29, 0.717) is 23.7 Å². The van der Waals surface area contributed by atoms with Gasteiger partial charge in [0.15, 0.2) is 12.3 Å². The summed E-state index contributed by atoms with van der Waals surface area (Å²) in [6, 6.07) is 14.5. The lowest BCUT2D eigenvalue weighted by atomic mass is 10.1. The minimum atomic E-state index is -0.718. The van der Waals surface area contributed by atoms with Gasteiger partial charge in [0.1, 0.15) is 0 Å². The summed E-state index contributed by atoms with van der Waals surface area (Å²) in [6.07, 6.45) is 1.47. The number of benzene rings is 2. The molecule has 0 N–H and O–H groups in total. The minimum absolute atomic E-state index is 0.000911. The molecule has 154 valence electrons. The van der Waals surface area contributed by atoms with Crippen molar-refractivity contribution < 1.29 is 14.3 Å². The van der Waals surface area contributed by atoms with Crippen molar-refractivity contribution in [2.24, 2.45) is 0 Å². The van der Waals surface area contributed by atoms with Crippen LogP contribution >= 0.6 is 0 Å². The zero-order chi connectivity index (χ0) is 21.3. The Morgan fingerprint density at radius 3 is 2.57 bits per heavy atom. The zero-order valence-electron chi connectivity index (χ0n) is 17.0. The van der Waals surface area contributed by atoms with Crippen LogP contribution < -0.4 is 10.5 Å². The highest BCUT2D eigenvalue weighted by Gasteiger charge is 2.31. The molecule has 7 heteroatoms. The quantitative estimate of drug-likeness (QED) is 0.610. The number of rotatable bonds is 5. The largest absolute Gasteiger partial charge is 0.451 e. The SMILES string of the molecule is CCCn1nc(C(=O)OCC(=O)N2c3ccccc3C[C@H]2C)c2ccccc2c1=O. The molecule has 1 aliphatic rings. The van der Waals surface area contributed by atoms with Crippen LogP contribution in [-0.4, -0.2) is 34.3 Å². The number of aromatic nitrogens is 2. The maximum Gasteiger partial charge on any atom is 0.359 e. The Morgan fingerprint density at radius 2 is 1.80 bits per heavy atom. The molecule has 0 bridgehead atoms. The Bertz CT molecular complexity index is 1180. The second-order valence-electron chi connectivity index (χ2n) is 7.44. The van der Waals surface area contributed by atoms with Crippen LogP contribution in [0.4, 0.5) is 5.69 Å². The van der Waals surface area contributed by atoms with Gasteiger partial charge in [-0.3, -0.25) is 9.59 Å². The third-order valence-corrected chi connectivity index (χ3v) is 5.30. The van der Waals surface area contributed by atoms with E-state index < -0.39 is 5.97 Å². The van der Waals surface area contributed by atoms with Crippen molar-refractivity contribution in [3.05, 3.63) is 70.1 Å². The minimum Gasteiger partial charge on any atom is -0.451 e. The van der Waals surface area contributed by atoms with E-state index in [0.717, 1.165) is 17.7 Å². The van der Waals surface area contributed by atoms with E-state index in [-0.39, 0.29) is 29.8 Å². The summed E-state index contributed by atoms with van der Waals surface area (Å²) < 4.78 is 6.62. The van der Waals surface area contributed by atoms with Crippen molar-refractivity contribution >= 4 is 28.3 Å². The predicted octanol–water partition coefficient (Wildman–Crippen LogP) is 2.94. The standard InChI is InChI=1S/C23H23N3O4/c1-3-12-25-22(28)18-10-6-5-9-17(18)21(24-25)23(29)30-14-20(27)26-15(2)13-16-8-4-7-11-19(16)26/h4-11,15H,3,12-14H2,1-2H3/t15-/m1/s1. The fourth-order valence-electron chi connectivity index (χ4n) is 3.96. The number of aryl methyl sites for hydroxylation is 1. The number of carbonyl (C=O) groups is 2. The molecular weight excluding hydrogens is 382 g/mol. The third-order valence-electron chi connectivity index (χ3n) is 5.30. The molecule has 1 amide bonds. The summed E-state index contributed by atoms with van der Waals surface area (Å²) in [5.41, 5.74) is 1.75. The second-order valence-corrected chi connectivity index (χ2v) is 7.44. The lowest BCUT2D eigenvalue weighted by Gasteiger charge is -2.22. The van der Waals surface area contributed by atoms with Crippen molar-refractivity contribution in [3.8, 4) is 0 Å². The van der Waals surface area contributed by atoms with E-state index in [1.165, 1.54) is 4.68 Å². The highest BCUT2D eigenvalue weighted by molar-refractivity contribution is 6.04. The maximum absolute atomic E-state index is 12.8. The van der Waals surface area contributed by atoms with Crippen LogP contribution in [0.5, 0.6) is 0 Å². The molecule has 0 unspecified atom stereocenters. The average molecular weight is 405 g/mol. The fraction of sp³-hybridized carbons (Fsp3) is 0.304. The fourth-order valence-corrected chi connectivity index (χ4v) is 3.96. The summed E-state index contributed by atoms with van der Waals surface area (Å²) in [6.45, 7) is 3.90. The van der Waals surface area contributed by atoms with Crippen LogP contribution in [0.25, 0.3) is 10.8 Å². The molecule has 2 heterocycles. The summed E-state index contributed by atoms with van der Waals surface area (Å²) in [5, 5.41) is 5.05. The van der Waals surface area contributed by atoms with Crippen LogP contribution in [0, 0.1) is 0 Å². The number of amides is 1. The molecule has 0 radical (unpaired) electrons. The lowest BCUT2D eigenvalue weighted by Crippen LogP contribution is -2.39. The van der Waals surface area contributed by atoms with E-state index in [1.54, 1.807) is 29.2 Å². The van der Waals surface area contributed by atoms with Gasteiger partial charge in [0.05, 0.1) is 5.39 Å². The summed E-state index contributed by atoms with van der Waals surface area (Å²) in [5.74, 6) is -1.00. The smallest absolute Gasteiger partial charge is 0.359 e. The molecule has 7 nitrogen and oxygen atoms in total. The number of nitrogens with zero attached hydrogens (tertiary/aromatic N) is 3. The molecular formula is C23H23N3O4. The summed E-state index contributed by atoms with van der Waals surface area (Å²) >= 11 is 0. The molecule has 0 saturated carbocycles. The van der Waals surface area contributed by atoms with Crippen LogP contribution in [0.2, 0.25) is 0 Å². The highest BCUT2D eigenvalue weighted by Crippen LogP contribution is 2.31. The van der Waals surface area contributed by atoms with Crippen molar-refractivity contribution in [2.75, 3.05) is 11.5 Å². The Kier molecular flexibility index (Phi) is 5.35. The number of para-hydroxylation sites is 1. The molecule has 1 aliphatic heterocycles. The third kappa shape index (κ3) is 3.47. The topological polar surface area (TPSA) is 81.5 Å². The first kappa shape index (κ1) is 19.8. The van der Waals surface area contributed by atoms with Gasteiger partial charge in [0, 0.05) is 23.7 Å². The molecule has 30 heavy (non-hydrogen) atoms. The zero-order valence-corrected chi connectivity index (χ0v) is 17.0. The first-order chi connectivity index (χ1) is 14.5. The predicted molar refractivity (Wildman–Crippen MR) is 114 cm³/mol.